The summed E-state index contributed by atoms with van der Waals surface area (Å²) in [6.45, 7) is 4.62. The highest BCUT2D eigenvalue weighted by Crippen LogP contribution is 2.36. The number of ether oxygens (including phenoxy) is 2. The summed E-state index contributed by atoms with van der Waals surface area (Å²) < 4.78 is 11.2. The molecule has 1 amide bonds. The van der Waals surface area contributed by atoms with Gasteiger partial charge in [0.1, 0.15) is 5.70 Å². The number of carbonyl (C=O) groups excluding carboxylic acids is 1. The Balaban J connectivity index is 1.82. The van der Waals surface area contributed by atoms with Gasteiger partial charge in [0.2, 0.25) is 0 Å². The molecule has 2 aromatic carbocycles. The van der Waals surface area contributed by atoms with Gasteiger partial charge in [-0.3, -0.25) is 15.1 Å². The lowest BCUT2D eigenvalue weighted by Crippen LogP contribution is -2.50. The maximum Gasteiger partial charge on any atom is 0.276 e. The molecule has 31 heavy (non-hydrogen) atoms. The van der Waals surface area contributed by atoms with Crippen LogP contribution in [0.3, 0.4) is 0 Å². The predicted molar refractivity (Wildman–Crippen MR) is 122 cm³/mol. The molecule has 1 atom stereocenters. The van der Waals surface area contributed by atoms with Crippen molar-refractivity contribution < 1.29 is 14.3 Å². The molecule has 0 bridgehead atoms. The average Bonchev–Trinajstić information content (AvgIpc) is 2.79. The lowest BCUT2D eigenvalue weighted by atomic mass is 10.1. The smallest absolute Gasteiger partial charge is 0.276 e. The summed E-state index contributed by atoms with van der Waals surface area (Å²) in [6, 6.07) is 13.4. The van der Waals surface area contributed by atoms with Crippen molar-refractivity contribution in [2.75, 3.05) is 19.5 Å². The number of methoxy groups -OCH3 is 1. The van der Waals surface area contributed by atoms with Crippen molar-refractivity contribution >= 4 is 28.5 Å². The highest BCUT2D eigenvalue weighted by atomic mass is 32.2. The van der Waals surface area contributed by atoms with Gasteiger partial charge in [0, 0.05) is 16.5 Å². The summed E-state index contributed by atoms with van der Waals surface area (Å²) in [5.41, 5.74) is 1.37. The number of thioether (sulfide) groups is 1. The molecule has 0 spiro atoms. The first-order valence-corrected chi connectivity index (χ1v) is 11.4. The van der Waals surface area contributed by atoms with Gasteiger partial charge >= 0.3 is 0 Å². The quantitative estimate of drug-likeness (QED) is 0.673. The molecule has 0 aliphatic carbocycles. The third-order valence-electron chi connectivity index (χ3n) is 5.04. The Hall–Kier alpha value is -3.00. The van der Waals surface area contributed by atoms with Crippen LogP contribution in [0.5, 0.6) is 11.5 Å². The summed E-state index contributed by atoms with van der Waals surface area (Å²) in [6.07, 6.45) is 1.66. The van der Waals surface area contributed by atoms with Gasteiger partial charge in [-0.25, -0.2) is 5.01 Å². The molecular weight excluding hydrogens is 412 g/mol. The molecule has 1 N–H and O–H groups in total. The Morgan fingerprint density at radius 2 is 2.00 bits per heavy atom. The molecule has 0 unspecified atom stereocenters. The number of amidine groups is 1. The number of fused-ring (bicyclic) bond motifs is 2. The lowest BCUT2D eigenvalue weighted by Gasteiger charge is -2.34. The van der Waals surface area contributed by atoms with Gasteiger partial charge in [0.15, 0.2) is 22.8 Å². The minimum Gasteiger partial charge on any atom is -0.493 e. The van der Waals surface area contributed by atoms with E-state index >= 15 is 0 Å². The first-order valence-electron chi connectivity index (χ1n) is 10.5. The Morgan fingerprint density at radius 1 is 1.16 bits per heavy atom. The molecule has 2 aromatic rings. The van der Waals surface area contributed by atoms with Gasteiger partial charge in [-0.1, -0.05) is 49.4 Å². The number of nitrogens with zero attached hydrogens (tertiary/aromatic N) is 3. The second-order valence-electron chi connectivity index (χ2n) is 7.12. The van der Waals surface area contributed by atoms with Crippen LogP contribution in [0.2, 0.25) is 0 Å². The fraction of sp³-hybridized carbons (Fsp3) is 0.348. The topological polar surface area (TPSA) is 75.5 Å². The Labute approximate surface area is 185 Å². The number of hydrogen-bond donors (Lipinski definition) is 1. The minimum atomic E-state index is -0.484. The number of nitrogens with one attached hydrogen (secondary N) is 1. The fourth-order valence-electron chi connectivity index (χ4n) is 3.54. The Bertz CT molecular complexity index is 1130. The fourth-order valence-corrected chi connectivity index (χ4v) is 4.48. The van der Waals surface area contributed by atoms with E-state index < -0.39 is 6.17 Å². The van der Waals surface area contributed by atoms with Crippen LogP contribution in [0.15, 0.2) is 52.6 Å². The molecular formula is C23H26N4O3S. The molecule has 2 aliphatic heterocycles. The number of rotatable bonds is 7. The lowest BCUT2D eigenvalue weighted by molar-refractivity contribution is -0.116. The Morgan fingerprint density at radius 3 is 2.77 bits per heavy atom. The van der Waals surface area contributed by atoms with Crippen LogP contribution in [0.4, 0.5) is 0 Å². The SMILES string of the molecule is CCCCSC1=NN2C(=c3ccccc3=N[C@H]2c2ccc(OCC)c(OC)c2)C(=O)N1. The standard InChI is InChI=1S/C23H26N4O3S/c1-4-6-13-31-23-25-22(28)20-16-9-7-8-10-17(16)24-21(27(20)26-23)15-11-12-18(30-5-2)19(14-15)29-3/h7-12,14,21H,4-6,13H2,1-3H3,(H,25,26,28)/t21-/m1/s1. The monoisotopic (exact) mass is 438 g/mol. The summed E-state index contributed by atoms with van der Waals surface area (Å²) in [5.74, 6) is 2.02. The molecule has 0 aromatic heterocycles. The molecule has 4 rings (SSSR count). The normalized spacial score (nSPS) is 17.2. The first kappa shape index (κ1) is 21.2. The third kappa shape index (κ3) is 4.25. The van der Waals surface area contributed by atoms with Gasteiger partial charge in [-0.15, -0.1) is 5.10 Å². The highest BCUT2D eigenvalue weighted by Gasteiger charge is 2.34. The highest BCUT2D eigenvalue weighted by molar-refractivity contribution is 8.13. The largest absolute Gasteiger partial charge is 0.493 e. The minimum absolute atomic E-state index is 0.167. The maximum absolute atomic E-state index is 13.1. The zero-order valence-electron chi connectivity index (χ0n) is 17.9. The molecule has 8 heteroatoms. The van der Waals surface area contributed by atoms with Gasteiger partial charge in [0.25, 0.3) is 5.91 Å². The molecule has 2 aliphatic rings. The predicted octanol–water partition coefficient (Wildman–Crippen LogP) is 2.77. The van der Waals surface area contributed by atoms with Crippen LogP contribution in [0, 0.1) is 0 Å². The second-order valence-corrected chi connectivity index (χ2v) is 8.20. The summed E-state index contributed by atoms with van der Waals surface area (Å²) in [7, 11) is 1.61. The van der Waals surface area contributed by atoms with Crippen molar-refractivity contribution in [3.8, 4) is 11.5 Å². The Kier molecular flexibility index (Phi) is 6.46. The number of hydrogen-bond acceptors (Lipinski definition) is 7. The molecule has 0 saturated heterocycles. The van der Waals surface area contributed by atoms with E-state index in [1.165, 1.54) is 0 Å². The summed E-state index contributed by atoms with van der Waals surface area (Å²) in [4.78, 5) is 18.0. The molecule has 0 saturated carbocycles. The van der Waals surface area contributed by atoms with Gasteiger partial charge in [-0.05, 0) is 31.5 Å². The van der Waals surface area contributed by atoms with E-state index in [2.05, 4.69) is 12.2 Å². The molecule has 0 fully saturated rings. The zero-order valence-corrected chi connectivity index (χ0v) is 18.7. The molecule has 7 nitrogen and oxygen atoms in total. The van der Waals surface area contributed by atoms with Crippen molar-refractivity contribution in [2.24, 2.45) is 10.1 Å². The van der Waals surface area contributed by atoms with E-state index in [0.29, 0.717) is 29.0 Å². The van der Waals surface area contributed by atoms with E-state index in [1.807, 2.05) is 49.4 Å². The number of unbranched alkanes of at least 4 members (excludes halogenated alkanes) is 1. The number of benzene rings is 2. The van der Waals surface area contributed by atoms with Gasteiger partial charge in [-0.2, -0.15) is 0 Å². The average molecular weight is 439 g/mol. The third-order valence-corrected chi connectivity index (χ3v) is 5.99. The van der Waals surface area contributed by atoms with Gasteiger partial charge < -0.3 is 9.47 Å². The van der Waals surface area contributed by atoms with Gasteiger partial charge in [0.05, 0.1) is 19.1 Å². The number of amides is 1. The summed E-state index contributed by atoms with van der Waals surface area (Å²) in [5, 5.41) is 11.6. The van der Waals surface area contributed by atoms with Crippen LogP contribution in [-0.4, -0.2) is 35.6 Å². The van der Waals surface area contributed by atoms with Crippen molar-refractivity contribution in [3.63, 3.8) is 0 Å². The van der Waals surface area contributed by atoms with E-state index in [4.69, 9.17) is 19.6 Å². The van der Waals surface area contributed by atoms with E-state index in [-0.39, 0.29) is 5.91 Å². The van der Waals surface area contributed by atoms with Crippen molar-refractivity contribution in [1.82, 2.24) is 10.3 Å². The van der Waals surface area contributed by atoms with Crippen LogP contribution < -0.4 is 25.4 Å². The van der Waals surface area contributed by atoms with Crippen molar-refractivity contribution in [2.45, 2.75) is 32.9 Å². The number of hydrazone groups is 1. The van der Waals surface area contributed by atoms with E-state index in [0.717, 1.165) is 34.7 Å². The van der Waals surface area contributed by atoms with Crippen LogP contribution in [0.25, 0.3) is 5.70 Å². The first-order chi connectivity index (χ1) is 15.2. The maximum atomic E-state index is 13.1. The van der Waals surface area contributed by atoms with Crippen molar-refractivity contribution in [3.05, 3.63) is 58.6 Å². The number of carbonyl (C=O) groups is 1. The van der Waals surface area contributed by atoms with E-state index in [1.54, 1.807) is 23.9 Å². The zero-order chi connectivity index (χ0) is 21.8. The van der Waals surface area contributed by atoms with Crippen LogP contribution >= 0.6 is 11.8 Å². The van der Waals surface area contributed by atoms with Crippen LogP contribution in [0.1, 0.15) is 38.4 Å². The number of para-hydroxylation sites is 1. The summed E-state index contributed by atoms with van der Waals surface area (Å²) >= 11 is 1.55. The second kappa shape index (κ2) is 9.43. The van der Waals surface area contributed by atoms with Crippen LogP contribution in [-0.2, 0) is 4.79 Å². The molecule has 2 heterocycles. The van der Waals surface area contributed by atoms with E-state index in [9.17, 15) is 4.79 Å². The molecule has 162 valence electrons. The molecule has 0 radical (unpaired) electrons. The van der Waals surface area contributed by atoms with Crippen molar-refractivity contribution in [1.29, 1.82) is 0 Å².